The minimum atomic E-state index is -0.0906. The summed E-state index contributed by atoms with van der Waals surface area (Å²) in [5.74, 6) is 0.895. The van der Waals surface area contributed by atoms with Crippen LogP contribution in [0.15, 0.2) is 91.4 Å². The van der Waals surface area contributed by atoms with E-state index in [4.69, 9.17) is 0 Å². The molecule has 4 aromatic carbocycles. The van der Waals surface area contributed by atoms with Crippen molar-refractivity contribution in [2.75, 3.05) is 0 Å². The second-order valence-corrected chi connectivity index (χ2v) is 9.14. The summed E-state index contributed by atoms with van der Waals surface area (Å²) >= 11 is 0. The number of aromatic nitrogens is 3. The molecule has 0 unspecified atom stereocenters. The first kappa shape index (κ1) is 17.7. The molecular formula is C29H21N3. The fourth-order valence-corrected chi connectivity index (χ4v) is 5.79. The molecular weight excluding hydrogens is 390 g/mol. The Balaban J connectivity index is 1.73. The van der Waals surface area contributed by atoms with E-state index in [1.165, 1.54) is 54.8 Å². The van der Waals surface area contributed by atoms with Crippen LogP contribution in [-0.4, -0.2) is 14.5 Å². The summed E-state index contributed by atoms with van der Waals surface area (Å²) in [7, 11) is 0. The van der Waals surface area contributed by atoms with Gasteiger partial charge in [0.05, 0.1) is 11.0 Å². The highest BCUT2D eigenvalue weighted by Gasteiger charge is 2.39. The van der Waals surface area contributed by atoms with Gasteiger partial charge in [0.25, 0.3) is 0 Å². The first-order chi connectivity index (χ1) is 15.7. The average molecular weight is 412 g/mol. The monoisotopic (exact) mass is 411 g/mol. The molecule has 6 aromatic rings. The average Bonchev–Trinajstić information content (AvgIpc) is 3.29. The van der Waals surface area contributed by atoms with Crippen molar-refractivity contribution in [2.45, 2.75) is 19.3 Å². The van der Waals surface area contributed by atoms with Crippen molar-refractivity contribution in [1.82, 2.24) is 14.5 Å². The maximum absolute atomic E-state index is 4.64. The maximum atomic E-state index is 4.64. The van der Waals surface area contributed by atoms with Gasteiger partial charge in [-0.2, -0.15) is 0 Å². The molecule has 0 aliphatic heterocycles. The summed E-state index contributed by atoms with van der Waals surface area (Å²) in [6.07, 6.45) is 3.45. The Kier molecular flexibility index (Phi) is 3.34. The molecule has 32 heavy (non-hydrogen) atoms. The maximum Gasteiger partial charge on any atom is 0.140 e. The van der Waals surface area contributed by atoms with Gasteiger partial charge in [-0.1, -0.05) is 80.6 Å². The second-order valence-electron chi connectivity index (χ2n) is 9.14. The molecule has 1 aliphatic rings. The van der Waals surface area contributed by atoms with E-state index < -0.39 is 0 Å². The van der Waals surface area contributed by atoms with Gasteiger partial charge in [-0.25, -0.2) is 9.97 Å². The number of rotatable bonds is 1. The zero-order chi connectivity index (χ0) is 21.4. The molecule has 1 aliphatic carbocycles. The van der Waals surface area contributed by atoms with Gasteiger partial charge in [-0.3, -0.25) is 4.57 Å². The summed E-state index contributed by atoms with van der Waals surface area (Å²) < 4.78 is 2.31. The first-order valence-corrected chi connectivity index (χ1v) is 11.0. The molecule has 0 saturated heterocycles. The van der Waals surface area contributed by atoms with E-state index in [0.29, 0.717) is 0 Å². The Morgan fingerprint density at radius 3 is 2.41 bits per heavy atom. The van der Waals surface area contributed by atoms with Gasteiger partial charge < -0.3 is 0 Å². The third kappa shape index (κ3) is 2.10. The van der Waals surface area contributed by atoms with Crippen LogP contribution < -0.4 is 0 Å². The highest BCUT2D eigenvalue weighted by Crippen LogP contribution is 2.54. The summed E-state index contributed by atoms with van der Waals surface area (Å²) in [5.41, 5.74) is 7.74. The highest BCUT2D eigenvalue weighted by atomic mass is 15.1. The van der Waals surface area contributed by atoms with Crippen LogP contribution in [-0.2, 0) is 5.41 Å². The van der Waals surface area contributed by atoms with Crippen LogP contribution >= 0.6 is 0 Å². The van der Waals surface area contributed by atoms with Crippen molar-refractivity contribution in [1.29, 1.82) is 0 Å². The fourth-order valence-electron chi connectivity index (χ4n) is 5.79. The number of fused-ring (bicyclic) bond motifs is 9. The smallest absolute Gasteiger partial charge is 0.140 e. The van der Waals surface area contributed by atoms with Crippen LogP contribution in [0.3, 0.4) is 0 Å². The number of nitrogens with zero attached hydrogens (tertiary/aromatic N) is 3. The van der Waals surface area contributed by atoms with Crippen molar-refractivity contribution in [3.8, 4) is 16.9 Å². The molecule has 0 bridgehead atoms. The Morgan fingerprint density at radius 1 is 0.750 bits per heavy atom. The number of hydrogen-bond donors (Lipinski definition) is 0. The van der Waals surface area contributed by atoms with Crippen molar-refractivity contribution in [2.24, 2.45) is 0 Å². The first-order valence-electron chi connectivity index (χ1n) is 11.0. The summed E-state index contributed by atoms with van der Waals surface area (Å²) in [6.45, 7) is 4.71. The molecule has 0 fully saturated rings. The molecule has 3 heteroatoms. The Bertz CT molecular complexity index is 1690. The predicted molar refractivity (Wildman–Crippen MR) is 131 cm³/mol. The molecule has 7 rings (SSSR count). The molecule has 0 N–H and O–H groups in total. The topological polar surface area (TPSA) is 30.7 Å². The van der Waals surface area contributed by atoms with Gasteiger partial charge in [-0.05, 0) is 39.6 Å². The second kappa shape index (κ2) is 6.04. The fraction of sp³-hybridized carbons (Fsp3) is 0.103. The van der Waals surface area contributed by atoms with E-state index in [9.17, 15) is 0 Å². The predicted octanol–water partition coefficient (Wildman–Crippen LogP) is 7.03. The Hall–Kier alpha value is -3.98. The molecule has 2 heterocycles. The minimum Gasteiger partial charge on any atom is -0.293 e. The van der Waals surface area contributed by atoms with Crippen LogP contribution in [0.2, 0.25) is 0 Å². The third-order valence-electron chi connectivity index (χ3n) is 7.13. The minimum absolute atomic E-state index is 0.0906. The molecule has 0 spiro atoms. The zero-order valence-electron chi connectivity index (χ0n) is 18.0. The van der Waals surface area contributed by atoms with Gasteiger partial charge in [0.2, 0.25) is 0 Å². The zero-order valence-corrected chi connectivity index (χ0v) is 18.0. The quantitative estimate of drug-likeness (QED) is 0.291. The lowest BCUT2D eigenvalue weighted by Crippen LogP contribution is -2.15. The van der Waals surface area contributed by atoms with Crippen LogP contribution in [0.5, 0.6) is 0 Å². The van der Waals surface area contributed by atoms with Gasteiger partial charge in [0.15, 0.2) is 0 Å². The summed E-state index contributed by atoms with van der Waals surface area (Å²) in [5, 5.41) is 5.13. The van der Waals surface area contributed by atoms with E-state index >= 15 is 0 Å². The third-order valence-corrected chi connectivity index (χ3v) is 7.13. The van der Waals surface area contributed by atoms with Crippen LogP contribution in [0.25, 0.3) is 49.5 Å². The van der Waals surface area contributed by atoms with Crippen molar-refractivity contribution in [3.63, 3.8) is 0 Å². The molecule has 0 saturated carbocycles. The lowest BCUT2D eigenvalue weighted by atomic mass is 9.80. The van der Waals surface area contributed by atoms with E-state index in [1.807, 2.05) is 12.3 Å². The molecule has 152 valence electrons. The van der Waals surface area contributed by atoms with E-state index in [2.05, 4.69) is 101 Å². The molecule has 0 atom stereocenters. The Labute approximate surface area is 186 Å². The van der Waals surface area contributed by atoms with Crippen LogP contribution in [0, 0.1) is 0 Å². The van der Waals surface area contributed by atoms with E-state index in [-0.39, 0.29) is 5.41 Å². The normalized spacial score (nSPS) is 14.2. The van der Waals surface area contributed by atoms with E-state index in [0.717, 1.165) is 5.82 Å². The largest absolute Gasteiger partial charge is 0.293 e. The standard InChI is InChI=1S/C29H21N3/c1-29(2)23-14-13-21-20-9-5-6-10-24(20)32(25-15-16-30-17-31-25)28(21)26(23)22-12-11-18-7-3-4-8-19(18)27(22)29/h3-17H,1-2H3. The summed E-state index contributed by atoms with van der Waals surface area (Å²) in [4.78, 5) is 8.80. The molecule has 0 radical (unpaired) electrons. The van der Waals surface area contributed by atoms with Crippen molar-refractivity contribution in [3.05, 3.63) is 103 Å². The lowest BCUT2D eigenvalue weighted by Gasteiger charge is -2.23. The molecule has 3 nitrogen and oxygen atoms in total. The van der Waals surface area contributed by atoms with Gasteiger partial charge in [0.1, 0.15) is 12.1 Å². The van der Waals surface area contributed by atoms with Gasteiger partial charge in [0, 0.05) is 27.9 Å². The van der Waals surface area contributed by atoms with Crippen LogP contribution in [0.1, 0.15) is 25.0 Å². The van der Waals surface area contributed by atoms with Crippen molar-refractivity contribution < 1.29 is 0 Å². The summed E-state index contributed by atoms with van der Waals surface area (Å²) in [6, 6.07) is 28.6. The van der Waals surface area contributed by atoms with Gasteiger partial charge >= 0.3 is 0 Å². The molecule has 2 aromatic heterocycles. The van der Waals surface area contributed by atoms with Gasteiger partial charge in [-0.15, -0.1) is 0 Å². The SMILES string of the molecule is CC1(C)c2ccc3c4ccccc4n(-c4ccncn4)c3c2-c2ccc3ccccc3c21. The number of para-hydroxylation sites is 1. The van der Waals surface area contributed by atoms with Crippen LogP contribution in [0.4, 0.5) is 0 Å². The van der Waals surface area contributed by atoms with Crippen molar-refractivity contribution >= 4 is 32.6 Å². The number of benzene rings is 4. The highest BCUT2D eigenvalue weighted by molar-refractivity contribution is 6.16. The van der Waals surface area contributed by atoms with E-state index in [1.54, 1.807) is 6.33 Å². The lowest BCUT2D eigenvalue weighted by molar-refractivity contribution is 0.666. The number of hydrogen-bond acceptors (Lipinski definition) is 2. The Morgan fingerprint density at radius 2 is 1.56 bits per heavy atom. The molecule has 0 amide bonds.